The third-order valence-electron chi connectivity index (χ3n) is 4.52. The maximum Gasteiger partial charge on any atom is 0.337 e. The van der Waals surface area contributed by atoms with Gasteiger partial charge >= 0.3 is 12.0 Å². The Morgan fingerprint density at radius 1 is 1.07 bits per heavy atom. The van der Waals surface area contributed by atoms with Crippen molar-refractivity contribution in [1.29, 1.82) is 0 Å². The van der Waals surface area contributed by atoms with Gasteiger partial charge < -0.3 is 14.8 Å². The molecule has 0 bridgehead atoms. The predicted octanol–water partition coefficient (Wildman–Crippen LogP) is 3.97. The number of hydrogen-bond donors (Lipinski definition) is 1. The zero-order chi connectivity index (χ0) is 20.2. The van der Waals surface area contributed by atoms with E-state index < -0.39 is 5.97 Å². The van der Waals surface area contributed by atoms with E-state index in [0.717, 1.165) is 5.56 Å². The number of urea groups is 1. The van der Waals surface area contributed by atoms with Crippen LogP contribution in [0.4, 0.5) is 16.3 Å². The first kappa shape index (κ1) is 18.5. The summed E-state index contributed by atoms with van der Waals surface area (Å²) in [5.74, 6) is 0.551. The van der Waals surface area contributed by atoms with E-state index in [4.69, 9.17) is 9.47 Å². The standard InChI is InChI=1S/C22H19N3O4/c1-28-21(26)16-7-5-6-15(14-16)18-10-11-19-20(24-18)25(12-13-29-19)22(27)23-17-8-3-2-4-9-17/h2-11,14H,12-13H2,1H3,(H,23,27). The summed E-state index contributed by atoms with van der Waals surface area (Å²) >= 11 is 0. The van der Waals surface area contributed by atoms with Crippen molar-refractivity contribution in [1.82, 2.24) is 4.98 Å². The first-order valence-corrected chi connectivity index (χ1v) is 9.12. The molecule has 0 unspecified atom stereocenters. The van der Waals surface area contributed by atoms with Gasteiger partial charge in [0.05, 0.1) is 24.9 Å². The van der Waals surface area contributed by atoms with Crippen LogP contribution in [-0.2, 0) is 4.74 Å². The van der Waals surface area contributed by atoms with Crippen LogP contribution in [-0.4, -0.2) is 37.2 Å². The highest BCUT2D eigenvalue weighted by atomic mass is 16.5. The van der Waals surface area contributed by atoms with Crippen molar-refractivity contribution in [2.45, 2.75) is 0 Å². The van der Waals surface area contributed by atoms with Gasteiger partial charge in [-0.1, -0.05) is 30.3 Å². The lowest BCUT2D eigenvalue weighted by Gasteiger charge is -2.28. The van der Waals surface area contributed by atoms with Gasteiger partial charge in [0.15, 0.2) is 11.6 Å². The Balaban J connectivity index is 1.65. The Hall–Kier alpha value is -3.87. The Morgan fingerprint density at radius 3 is 2.69 bits per heavy atom. The summed E-state index contributed by atoms with van der Waals surface area (Å²) < 4.78 is 10.4. The third kappa shape index (κ3) is 3.89. The summed E-state index contributed by atoms with van der Waals surface area (Å²) in [5, 5.41) is 2.87. The Bertz CT molecular complexity index is 1050. The molecule has 0 radical (unpaired) electrons. The van der Waals surface area contributed by atoms with Crippen molar-refractivity contribution in [3.05, 3.63) is 72.3 Å². The molecular formula is C22H19N3O4. The summed E-state index contributed by atoms with van der Waals surface area (Å²) in [4.78, 5) is 30.8. The van der Waals surface area contributed by atoms with Crippen molar-refractivity contribution >= 4 is 23.5 Å². The molecule has 7 heteroatoms. The highest BCUT2D eigenvalue weighted by Crippen LogP contribution is 2.33. The number of benzene rings is 2. The molecule has 0 saturated carbocycles. The topological polar surface area (TPSA) is 80.8 Å². The molecule has 0 atom stereocenters. The van der Waals surface area contributed by atoms with Gasteiger partial charge in [0.1, 0.15) is 6.61 Å². The maximum absolute atomic E-state index is 12.8. The molecule has 1 aliphatic heterocycles. The van der Waals surface area contributed by atoms with Crippen molar-refractivity contribution in [3.63, 3.8) is 0 Å². The molecule has 0 fully saturated rings. The van der Waals surface area contributed by atoms with Crippen LogP contribution in [0.2, 0.25) is 0 Å². The number of fused-ring (bicyclic) bond motifs is 1. The Kier molecular flexibility index (Phi) is 5.11. The predicted molar refractivity (Wildman–Crippen MR) is 109 cm³/mol. The molecule has 7 nitrogen and oxygen atoms in total. The number of nitrogens with one attached hydrogen (secondary N) is 1. The number of nitrogens with zero attached hydrogens (tertiary/aromatic N) is 2. The summed E-state index contributed by atoms with van der Waals surface area (Å²) in [7, 11) is 1.34. The van der Waals surface area contributed by atoms with Gasteiger partial charge in [-0.25, -0.2) is 14.6 Å². The van der Waals surface area contributed by atoms with E-state index >= 15 is 0 Å². The number of ether oxygens (including phenoxy) is 2. The number of methoxy groups -OCH3 is 1. The first-order valence-electron chi connectivity index (χ1n) is 9.12. The number of carbonyl (C=O) groups excluding carboxylic acids is 2. The van der Waals surface area contributed by atoms with Crippen molar-refractivity contribution in [2.24, 2.45) is 0 Å². The summed E-state index contributed by atoms with van der Waals surface area (Å²) in [6.45, 7) is 0.762. The lowest BCUT2D eigenvalue weighted by Crippen LogP contribution is -2.41. The maximum atomic E-state index is 12.8. The fourth-order valence-corrected chi connectivity index (χ4v) is 3.09. The average Bonchev–Trinajstić information content (AvgIpc) is 2.78. The van der Waals surface area contributed by atoms with Crippen molar-refractivity contribution in [2.75, 3.05) is 30.5 Å². The number of carbonyl (C=O) groups is 2. The molecule has 0 saturated heterocycles. The highest BCUT2D eigenvalue weighted by molar-refractivity contribution is 6.02. The van der Waals surface area contributed by atoms with E-state index in [1.165, 1.54) is 7.11 Å². The third-order valence-corrected chi connectivity index (χ3v) is 4.52. The normalized spacial score (nSPS) is 12.5. The number of pyridine rings is 1. The van der Waals surface area contributed by atoms with E-state index in [2.05, 4.69) is 10.3 Å². The van der Waals surface area contributed by atoms with Crippen molar-refractivity contribution < 1.29 is 19.1 Å². The molecule has 2 aromatic carbocycles. The van der Waals surface area contributed by atoms with Crippen LogP contribution >= 0.6 is 0 Å². The summed E-state index contributed by atoms with van der Waals surface area (Å²) in [5.41, 5.74) is 2.49. The van der Waals surface area contributed by atoms with Crippen LogP contribution in [0, 0.1) is 0 Å². The van der Waals surface area contributed by atoms with Crippen LogP contribution in [0.5, 0.6) is 5.75 Å². The zero-order valence-electron chi connectivity index (χ0n) is 15.8. The number of esters is 1. The van der Waals surface area contributed by atoms with Gasteiger partial charge in [-0.05, 0) is 36.4 Å². The molecule has 1 N–H and O–H groups in total. The number of amides is 2. The van der Waals surface area contributed by atoms with Gasteiger partial charge in [-0.2, -0.15) is 0 Å². The lowest BCUT2D eigenvalue weighted by atomic mass is 10.1. The quantitative estimate of drug-likeness (QED) is 0.686. The van der Waals surface area contributed by atoms with Crippen LogP contribution in [0.15, 0.2) is 66.7 Å². The summed E-state index contributed by atoms with van der Waals surface area (Å²) in [6.07, 6.45) is 0. The second kappa shape index (κ2) is 8.02. The lowest BCUT2D eigenvalue weighted by molar-refractivity contribution is 0.0600. The molecule has 2 heterocycles. The molecule has 1 aliphatic rings. The molecule has 2 amide bonds. The fraction of sp³-hybridized carbons (Fsp3) is 0.136. The first-order chi connectivity index (χ1) is 14.2. The van der Waals surface area contributed by atoms with E-state index in [9.17, 15) is 9.59 Å². The smallest absolute Gasteiger partial charge is 0.337 e. The largest absolute Gasteiger partial charge is 0.488 e. The molecule has 4 rings (SSSR count). The van der Waals surface area contributed by atoms with E-state index in [-0.39, 0.29) is 6.03 Å². The molecule has 29 heavy (non-hydrogen) atoms. The molecule has 0 spiro atoms. The molecule has 0 aliphatic carbocycles. The number of hydrogen-bond acceptors (Lipinski definition) is 5. The van der Waals surface area contributed by atoms with Gasteiger partial charge in [0, 0.05) is 11.3 Å². The molecular weight excluding hydrogens is 370 g/mol. The van der Waals surface area contributed by atoms with E-state index in [1.54, 1.807) is 35.2 Å². The molecule has 3 aromatic rings. The zero-order valence-corrected chi connectivity index (χ0v) is 15.8. The minimum Gasteiger partial charge on any atom is -0.488 e. The SMILES string of the molecule is COC(=O)c1cccc(-c2ccc3c(n2)N(C(=O)Nc2ccccc2)CCO3)c1. The van der Waals surface area contributed by atoms with Gasteiger partial charge in [0.25, 0.3) is 0 Å². The van der Waals surface area contributed by atoms with E-state index in [0.29, 0.717) is 41.7 Å². The number of rotatable bonds is 3. The van der Waals surface area contributed by atoms with Gasteiger partial charge in [0.2, 0.25) is 0 Å². The Morgan fingerprint density at radius 2 is 1.90 bits per heavy atom. The van der Waals surface area contributed by atoms with Gasteiger partial charge in [-0.15, -0.1) is 0 Å². The second-order valence-corrected chi connectivity index (χ2v) is 6.39. The summed E-state index contributed by atoms with van der Waals surface area (Å²) in [6, 6.07) is 19.5. The number of aromatic nitrogens is 1. The molecule has 1 aromatic heterocycles. The van der Waals surface area contributed by atoms with Crippen molar-refractivity contribution in [3.8, 4) is 17.0 Å². The van der Waals surface area contributed by atoms with E-state index in [1.807, 2.05) is 36.4 Å². The minimum atomic E-state index is -0.419. The second-order valence-electron chi connectivity index (χ2n) is 6.39. The fourth-order valence-electron chi connectivity index (χ4n) is 3.09. The van der Waals surface area contributed by atoms with Crippen LogP contribution < -0.4 is 15.0 Å². The average molecular weight is 389 g/mol. The minimum absolute atomic E-state index is 0.284. The van der Waals surface area contributed by atoms with Gasteiger partial charge in [-0.3, -0.25) is 4.90 Å². The van der Waals surface area contributed by atoms with Crippen LogP contribution in [0.25, 0.3) is 11.3 Å². The number of anilines is 2. The van der Waals surface area contributed by atoms with Crippen LogP contribution in [0.3, 0.4) is 0 Å². The Labute approximate surface area is 167 Å². The van der Waals surface area contributed by atoms with Crippen LogP contribution in [0.1, 0.15) is 10.4 Å². The highest BCUT2D eigenvalue weighted by Gasteiger charge is 2.26. The number of para-hydroxylation sites is 1. The monoisotopic (exact) mass is 389 g/mol. The molecule has 146 valence electrons.